The monoisotopic (exact) mass is 334 g/mol. The van der Waals surface area contributed by atoms with Crippen LogP contribution in [0.15, 0.2) is 18.2 Å². The summed E-state index contributed by atoms with van der Waals surface area (Å²) in [7, 11) is 0. The van der Waals surface area contributed by atoms with Gasteiger partial charge in [0.2, 0.25) is 12.7 Å². The second-order valence-electron chi connectivity index (χ2n) is 6.23. The Morgan fingerprint density at radius 1 is 1.17 bits per heavy atom. The third-order valence-corrected chi connectivity index (χ3v) is 4.55. The van der Waals surface area contributed by atoms with Gasteiger partial charge >= 0.3 is 5.97 Å². The first-order valence-corrected chi connectivity index (χ1v) is 8.15. The first-order valence-electron chi connectivity index (χ1n) is 8.15. The van der Waals surface area contributed by atoms with Gasteiger partial charge in [0.05, 0.1) is 12.8 Å². The van der Waals surface area contributed by atoms with E-state index in [2.05, 4.69) is 4.90 Å². The van der Waals surface area contributed by atoms with Gasteiger partial charge in [-0.05, 0) is 24.6 Å². The number of carboxylic acid groups (broad SMARTS) is 1. The van der Waals surface area contributed by atoms with Crippen LogP contribution in [0.3, 0.4) is 0 Å². The Morgan fingerprint density at radius 2 is 1.88 bits per heavy atom. The van der Waals surface area contributed by atoms with E-state index in [1.165, 1.54) is 0 Å². The third-order valence-electron chi connectivity index (χ3n) is 4.55. The van der Waals surface area contributed by atoms with Crippen molar-refractivity contribution in [3.8, 4) is 11.5 Å². The third kappa shape index (κ3) is 3.79. The quantitative estimate of drug-likeness (QED) is 0.864. The molecule has 1 saturated heterocycles. The summed E-state index contributed by atoms with van der Waals surface area (Å²) in [5.41, 5.74) is 0.908. The molecule has 2 heterocycles. The second kappa shape index (κ2) is 7.09. The van der Waals surface area contributed by atoms with Crippen LogP contribution in [0.1, 0.15) is 18.9 Å². The molecule has 1 amide bonds. The fourth-order valence-electron chi connectivity index (χ4n) is 3.13. The fourth-order valence-corrected chi connectivity index (χ4v) is 3.13. The number of amides is 1. The Morgan fingerprint density at radius 3 is 2.58 bits per heavy atom. The lowest BCUT2D eigenvalue weighted by Gasteiger charge is -2.37. The summed E-state index contributed by atoms with van der Waals surface area (Å²) in [6.07, 6.45) is 0.465. The molecule has 0 radical (unpaired) electrons. The lowest BCUT2D eigenvalue weighted by Crippen LogP contribution is -2.52. The summed E-state index contributed by atoms with van der Waals surface area (Å²) in [6.45, 7) is 4.82. The number of carboxylic acids is 1. The number of hydrogen-bond donors (Lipinski definition) is 1. The standard InChI is InChI=1S/C17H22N2O5/c1-12(8-17(21)22)18-4-6-19(7-5-18)16(20)10-13-2-3-14-15(9-13)24-11-23-14/h2-3,9,12H,4-8,10-11H2,1H3,(H,21,22). The van der Waals surface area contributed by atoms with Gasteiger partial charge in [-0.3, -0.25) is 14.5 Å². The van der Waals surface area contributed by atoms with Crippen LogP contribution in [0.4, 0.5) is 0 Å². The summed E-state index contributed by atoms with van der Waals surface area (Å²) >= 11 is 0. The molecule has 1 fully saturated rings. The van der Waals surface area contributed by atoms with E-state index in [0.29, 0.717) is 44.1 Å². The molecule has 0 saturated carbocycles. The number of aliphatic carboxylic acids is 1. The van der Waals surface area contributed by atoms with E-state index < -0.39 is 5.97 Å². The Bertz CT molecular complexity index is 625. The van der Waals surface area contributed by atoms with Gasteiger partial charge in [0.25, 0.3) is 0 Å². The molecule has 2 aliphatic rings. The highest BCUT2D eigenvalue weighted by atomic mass is 16.7. The molecule has 7 nitrogen and oxygen atoms in total. The van der Waals surface area contributed by atoms with E-state index >= 15 is 0 Å². The van der Waals surface area contributed by atoms with Crippen molar-refractivity contribution in [3.63, 3.8) is 0 Å². The Hall–Kier alpha value is -2.28. The largest absolute Gasteiger partial charge is 0.481 e. The number of ether oxygens (including phenoxy) is 2. The summed E-state index contributed by atoms with van der Waals surface area (Å²) < 4.78 is 10.6. The van der Waals surface area contributed by atoms with Crippen molar-refractivity contribution in [2.24, 2.45) is 0 Å². The molecule has 0 spiro atoms. The Labute approximate surface area is 140 Å². The van der Waals surface area contributed by atoms with Crippen LogP contribution in [0.2, 0.25) is 0 Å². The molecule has 24 heavy (non-hydrogen) atoms. The highest BCUT2D eigenvalue weighted by molar-refractivity contribution is 5.79. The molecule has 3 rings (SSSR count). The summed E-state index contributed by atoms with van der Waals surface area (Å²) in [5, 5.41) is 8.88. The van der Waals surface area contributed by atoms with Crippen LogP contribution < -0.4 is 9.47 Å². The van der Waals surface area contributed by atoms with Crippen molar-refractivity contribution in [2.75, 3.05) is 33.0 Å². The molecule has 1 aromatic rings. The van der Waals surface area contributed by atoms with Gasteiger partial charge in [0, 0.05) is 32.2 Å². The van der Waals surface area contributed by atoms with E-state index in [9.17, 15) is 9.59 Å². The molecule has 7 heteroatoms. The van der Waals surface area contributed by atoms with Crippen molar-refractivity contribution in [1.82, 2.24) is 9.80 Å². The summed E-state index contributed by atoms with van der Waals surface area (Å²) in [5.74, 6) is 0.697. The van der Waals surface area contributed by atoms with Crippen molar-refractivity contribution >= 4 is 11.9 Å². The number of carbonyl (C=O) groups is 2. The minimum absolute atomic E-state index is 0.00592. The molecular formula is C17H22N2O5. The van der Waals surface area contributed by atoms with Crippen LogP contribution >= 0.6 is 0 Å². The minimum Gasteiger partial charge on any atom is -0.481 e. The number of hydrogen-bond acceptors (Lipinski definition) is 5. The zero-order valence-electron chi connectivity index (χ0n) is 13.7. The van der Waals surface area contributed by atoms with Gasteiger partial charge < -0.3 is 19.5 Å². The normalized spacial score (nSPS) is 18.5. The van der Waals surface area contributed by atoms with Crippen molar-refractivity contribution in [3.05, 3.63) is 23.8 Å². The van der Waals surface area contributed by atoms with E-state index in [-0.39, 0.29) is 25.2 Å². The average molecular weight is 334 g/mol. The molecule has 130 valence electrons. The molecule has 0 bridgehead atoms. The van der Waals surface area contributed by atoms with E-state index in [1.54, 1.807) is 0 Å². The van der Waals surface area contributed by atoms with Crippen molar-refractivity contribution in [1.29, 1.82) is 0 Å². The van der Waals surface area contributed by atoms with Gasteiger partial charge in [-0.15, -0.1) is 0 Å². The van der Waals surface area contributed by atoms with Crippen LogP contribution in [-0.4, -0.2) is 65.8 Å². The number of benzene rings is 1. The number of piperazine rings is 1. The first kappa shape index (κ1) is 16.6. The van der Waals surface area contributed by atoms with E-state index in [0.717, 1.165) is 5.56 Å². The zero-order valence-corrected chi connectivity index (χ0v) is 13.7. The Balaban J connectivity index is 1.51. The van der Waals surface area contributed by atoms with Crippen LogP contribution in [-0.2, 0) is 16.0 Å². The highest BCUT2D eigenvalue weighted by Gasteiger charge is 2.25. The van der Waals surface area contributed by atoms with Gasteiger partial charge in [-0.2, -0.15) is 0 Å². The minimum atomic E-state index is -0.788. The number of nitrogens with zero attached hydrogens (tertiary/aromatic N) is 2. The molecule has 1 N–H and O–H groups in total. The van der Waals surface area contributed by atoms with Gasteiger partial charge in [0.1, 0.15) is 0 Å². The number of fused-ring (bicyclic) bond motifs is 1. The maximum Gasteiger partial charge on any atom is 0.304 e. The van der Waals surface area contributed by atoms with Gasteiger partial charge in [0.15, 0.2) is 11.5 Å². The molecular weight excluding hydrogens is 312 g/mol. The highest BCUT2D eigenvalue weighted by Crippen LogP contribution is 2.32. The molecule has 1 unspecified atom stereocenters. The lowest BCUT2D eigenvalue weighted by molar-refractivity contribution is -0.139. The predicted octanol–water partition coefficient (Wildman–Crippen LogP) is 0.965. The lowest BCUT2D eigenvalue weighted by atomic mass is 10.1. The topological polar surface area (TPSA) is 79.3 Å². The van der Waals surface area contributed by atoms with Gasteiger partial charge in [-0.1, -0.05) is 6.07 Å². The molecule has 0 aromatic heterocycles. The maximum atomic E-state index is 12.5. The van der Waals surface area contributed by atoms with Crippen LogP contribution in [0, 0.1) is 0 Å². The van der Waals surface area contributed by atoms with Crippen LogP contribution in [0.25, 0.3) is 0 Å². The maximum absolute atomic E-state index is 12.5. The van der Waals surface area contributed by atoms with E-state index in [4.69, 9.17) is 14.6 Å². The Kier molecular flexibility index (Phi) is 4.89. The second-order valence-corrected chi connectivity index (χ2v) is 6.23. The molecule has 0 aliphatic carbocycles. The molecule has 1 atom stereocenters. The fraction of sp³-hybridized carbons (Fsp3) is 0.529. The summed E-state index contributed by atoms with van der Waals surface area (Å²) in [4.78, 5) is 27.2. The number of rotatable bonds is 5. The summed E-state index contributed by atoms with van der Waals surface area (Å²) in [6, 6.07) is 5.56. The molecule has 1 aromatic carbocycles. The average Bonchev–Trinajstić information content (AvgIpc) is 3.02. The predicted molar refractivity (Wildman–Crippen MR) is 86.1 cm³/mol. The van der Waals surface area contributed by atoms with Crippen LogP contribution in [0.5, 0.6) is 11.5 Å². The van der Waals surface area contributed by atoms with Gasteiger partial charge in [-0.25, -0.2) is 0 Å². The van der Waals surface area contributed by atoms with Crippen molar-refractivity contribution < 1.29 is 24.2 Å². The van der Waals surface area contributed by atoms with E-state index in [1.807, 2.05) is 30.0 Å². The number of carbonyl (C=O) groups excluding carboxylic acids is 1. The zero-order chi connectivity index (χ0) is 17.1. The molecule has 2 aliphatic heterocycles. The first-order chi connectivity index (χ1) is 11.5. The smallest absolute Gasteiger partial charge is 0.304 e. The van der Waals surface area contributed by atoms with Crippen molar-refractivity contribution in [2.45, 2.75) is 25.8 Å². The SMILES string of the molecule is CC(CC(=O)O)N1CCN(C(=O)Cc2ccc3c(c2)OCO3)CC1.